The van der Waals surface area contributed by atoms with Crippen molar-refractivity contribution in [1.29, 1.82) is 0 Å². The Morgan fingerprint density at radius 3 is 1.51 bits per heavy atom. The van der Waals surface area contributed by atoms with Gasteiger partial charge < -0.3 is 24.6 Å². The van der Waals surface area contributed by atoms with E-state index in [0.717, 1.165) is 83.5 Å². The summed E-state index contributed by atoms with van der Waals surface area (Å²) < 4.78 is 33.4. The normalized spacial score (nSPS) is 14.7. The van der Waals surface area contributed by atoms with Crippen molar-refractivity contribution in [3.05, 3.63) is 72.9 Å². The number of carbonyl (C=O) groups is 1. The lowest BCUT2D eigenvalue weighted by Gasteiger charge is -2.20. The van der Waals surface area contributed by atoms with Crippen LogP contribution < -0.4 is 0 Å². The average molecular weight is 823 g/mol. The number of rotatable bonds is 42. The van der Waals surface area contributed by atoms with Gasteiger partial charge in [-0.1, -0.05) is 164 Å². The molecule has 0 spiro atoms. The predicted octanol–water partition coefficient (Wildman–Crippen LogP) is 12.5. The third-order valence-corrected chi connectivity index (χ3v) is 10.1. The SMILES string of the molecule is CC/C=C\C/C=C\C/C=C\C/C=C\CCCCCCCCCCC(=O)OC(COCCCCCCCC/C=C\C/C=C\CCCC)COP(=O)(O)OCC(O)CO. The third-order valence-electron chi connectivity index (χ3n) is 9.13. The van der Waals surface area contributed by atoms with Crippen molar-refractivity contribution in [2.24, 2.45) is 0 Å². The monoisotopic (exact) mass is 823 g/mol. The second kappa shape index (κ2) is 43.5. The van der Waals surface area contributed by atoms with E-state index < -0.39 is 39.2 Å². The van der Waals surface area contributed by atoms with Crippen LogP contribution in [0.1, 0.15) is 174 Å². The molecule has 0 saturated heterocycles. The number of allylic oxidation sites excluding steroid dienone is 12. The number of phosphoric ester groups is 1. The van der Waals surface area contributed by atoms with E-state index in [0.29, 0.717) is 13.0 Å². The van der Waals surface area contributed by atoms with Crippen LogP contribution in [0.25, 0.3) is 0 Å². The minimum absolute atomic E-state index is 0.0351. The molecule has 9 nitrogen and oxygen atoms in total. The molecule has 0 aromatic heterocycles. The maximum Gasteiger partial charge on any atom is 0.472 e. The first-order chi connectivity index (χ1) is 27.8. The van der Waals surface area contributed by atoms with E-state index in [2.05, 4.69) is 86.8 Å². The van der Waals surface area contributed by atoms with E-state index in [4.69, 9.17) is 23.6 Å². The molecule has 0 fully saturated rings. The van der Waals surface area contributed by atoms with Crippen molar-refractivity contribution in [3.63, 3.8) is 0 Å². The topological polar surface area (TPSA) is 132 Å². The Labute approximate surface area is 348 Å². The third kappa shape index (κ3) is 43.3. The molecule has 0 amide bonds. The number of aliphatic hydroxyl groups excluding tert-OH is 2. The van der Waals surface area contributed by atoms with Gasteiger partial charge in [-0.05, 0) is 77.0 Å². The molecule has 0 aliphatic rings. The van der Waals surface area contributed by atoms with Gasteiger partial charge in [-0.3, -0.25) is 13.8 Å². The first kappa shape index (κ1) is 54.9. The number of hydrogen-bond acceptors (Lipinski definition) is 8. The molecule has 10 heteroatoms. The summed E-state index contributed by atoms with van der Waals surface area (Å²) in [4.78, 5) is 22.6. The van der Waals surface area contributed by atoms with E-state index >= 15 is 0 Å². The van der Waals surface area contributed by atoms with Gasteiger partial charge in [-0.15, -0.1) is 0 Å². The lowest BCUT2D eigenvalue weighted by atomic mass is 10.1. The van der Waals surface area contributed by atoms with Crippen LogP contribution in [0.15, 0.2) is 72.9 Å². The molecule has 0 radical (unpaired) electrons. The maximum absolute atomic E-state index is 12.6. The molecule has 3 atom stereocenters. The largest absolute Gasteiger partial charge is 0.472 e. The highest BCUT2D eigenvalue weighted by molar-refractivity contribution is 7.47. The summed E-state index contributed by atoms with van der Waals surface area (Å²) in [6.07, 6.45) is 51.4. The van der Waals surface area contributed by atoms with Crippen molar-refractivity contribution in [2.75, 3.05) is 33.0 Å². The van der Waals surface area contributed by atoms with Crippen LogP contribution in [0.2, 0.25) is 0 Å². The van der Waals surface area contributed by atoms with Crippen molar-refractivity contribution in [2.45, 2.75) is 187 Å². The van der Waals surface area contributed by atoms with Crippen LogP contribution in [0.5, 0.6) is 0 Å². The standard InChI is InChI=1S/C47H83O9P/c1-3-5-7-9-11-13-15-17-19-20-21-22-23-24-25-27-29-31-33-35-37-39-47(50)56-46(44-55-57(51,52)54-42-45(49)41-48)43-53-40-38-36-34-32-30-28-26-18-16-14-12-10-8-6-4-2/h5,7,10-13,16-19,21-22,45-46,48-49H,3-4,6,8-9,14-15,20,23-44H2,1-2H3,(H,51,52)/b7-5-,12-10-,13-11-,18-16-,19-17-,22-21-. The van der Waals surface area contributed by atoms with Crippen molar-refractivity contribution >= 4 is 13.8 Å². The van der Waals surface area contributed by atoms with Gasteiger partial charge in [0.15, 0.2) is 0 Å². The Hall–Kier alpha value is -2.10. The summed E-state index contributed by atoms with van der Waals surface area (Å²) >= 11 is 0. The van der Waals surface area contributed by atoms with Gasteiger partial charge in [0.05, 0.1) is 26.4 Å². The smallest absolute Gasteiger partial charge is 0.457 e. The number of unbranched alkanes of at least 4 members (excludes halogenated alkanes) is 16. The van der Waals surface area contributed by atoms with E-state index in [1.54, 1.807) is 0 Å². The molecule has 330 valence electrons. The highest BCUT2D eigenvalue weighted by Crippen LogP contribution is 2.43. The number of phosphoric acid groups is 1. The molecule has 0 rings (SSSR count). The van der Waals surface area contributed by atoms with E-state index in [9.17, 15) is 19.4 Å². The fourth-order valence-corrected chi connectivity index (χ4v) is 6.50. The molecule has 0 heterocycles. The number of aliphatic hydroxyl groups is 2. The van der Waals surface area contributed by atoms with Crippen molar-refractivity contribution in [3.8, 4) is 0 Å². The summed E-state index contributed by atoms with van der Waals surface area (Å²) in [6.45, 7) is 3.32. The summed E-state index contributed by atoms with van der Waals surface area (Å²) in [5, 5.41) is 18.4. The minimum atomic E-state index is -4.53. The molecule has 0 aliphatic heterocycles. The van der Waals surface area contributed by atoms with Gasteiger partial charge in [0.25, 0.3) is 0 Å². The van der Waals surface area contributed by atoms with Crippen molar-refractivity contribution in [1.82, 2.24) is 0 Å². The molecule has 0 aromatic rings. The van der Waals surface area contributed by atoms with Gasteiger partial charge in [0.1, 0.15) is 12.2 Å². The Balaban J connectivity index is 4.18. The van der Waals surface area contributed by atoms with Crippen LogP contribution in [0.4, 0.5) is 0 Å². The van der Waals surface area contributed by atoms with Crippen LogP contribution in [-0.4, -0.2) is 66.3 Å². The zero-order valence-corrected chi connectivity index (χ0v) is 36.9. The van der Waals surface area contributed by atoms with E-state index in [1.807, 2.05) is 0 Å². The van der Waals surface area contributed by atoms with E-state index in [1.165, 1.54) is 64.2 Å². The molecule has 0 saturated carbocycles. The first-order valence-electron chi connectivity index (χ1n) is 22.4. The summed E-state index contributed by atoms with van der Waals surface area (Å²) in [6, 6.07) is 0. The highest BCUT2D eigenvalue weighted by Gasteiger charge is 2.26. The van der Waals surface area contributed by atoms with E-state index in [-0.39, 0.29) is 19.6 Å². The van der Waals surface area contributed by atoms with Crippen LogP contribution in [0.3, 0.4) is 0 Å². The summed E-state index contributed by atoms with van der Waals surface area (Å²) in [5.41, 5.74) is 0. The van der Waals surface area contributed by atoms with Crippen molar-refractivity contribution < 1.29 is 43.0 Å². The molecule has 0 aromatic carbocycles. The fourth-order valence-electron chi connectivity index (χ4n) is 5.72. The van der Waals surface area contributed by atoms with Gasteiger partial charge in [0, 0.05) is 13.0 Å². The van der Waals surface area contributed by atoms with Crippen LogP contribution >= 0.6 is 7.82 Å². The Bertz CT molecular complexity index is 1110. The quantitative estimate of drug-likeness (QED) is 0.0238. The summed E-state index contributed by atoms with van der Waals surface area (Å²) in [7, 11) is -4.53. The second-order valence-electron chi connectivity index (χ2n) is 14.7. The highest BCUT2D eigenvalue weighted by atomic mass is 31.2. The molecule has 3 N–H and O–H groups in total. The van der Waals surface area contributed by atoms with Crippen LogP contribution in [-0.2, 0) is 27.9 Å². The second-order valence-corrected chi connectivity index (χ2v) is 16.1. The number of carbonyl (C=O) groups excluding carboxylic acids is 1. The molecular formula is C47H83O9P. The lowest BCUT2D eigenvalue weighted by molar-refractivity contribution is -0.154. The Kier molecular flexibility index (Phi) is 41.9. The molecular weight excluding hydrogens is 739 g/mol. The molecule has 3 unspecified atom stereocenters. The average Bonchev–Trinajstić information content (AvgIpc) is 3.20. The van der Waals surface area contributed by atoms with Gasteiger partial charge >= 0.3 is 13.8 Å². The zero-order valence-electron chi connectivity index (χ0n) is 36.0. The maximum atomic E-state index is 12.6. The zero-order chi connectivity index (χ0) is 41.8. The Morgan fingerprint density at radius 2 is 1.00 bits per heavy atom. The van der Waals surface area contributed by atoms with Gasteiger partial charge in [0.2, 0.25) is 0 Å². The number of esters is 1. The minimum Gasteiger partial charge on any atom is -0.457 e. The number of hydrogen-bond donors (Lipinski definition) is 3. The summed E-state index contributed by atoms with van der Waals surface area (Å²) in [5.74, 6) is -0.397. The molecule has 0 aliphatic carbocycles. The van der Waals surface area contributed by atoms with Crippen LogP contribution in [0, 0.1) is 0 Å². The predicted molar refractivity (Wildman–Crippen MR) is 237 cm³/mol. The molecule has 57 heavy (non-hydrogen) atoms. The van der Waals surface area contributed by atoms with Gasteiger partial charge in [-0.2, -0.15) is 0 Å². The number of ether oxygens (including phenoxy) is 2. The Morgan fingerprint density at radius 1 is 0.561 bits per heavy atom. The first-order valence-corrected chi connectivity index (χ1v) is 23.9. The van der Waals surface area contributed by atoms with Gasteiger partial charge in [-0.25, -0.2) is 4.57 Å². The molecule has 0 bridgehead atoms. The fraction of sp³-hybridized carbons (Fsp3) is 0.723. The lowest BCUT2D eigenvalue weighted by Crippen LogP contribution is -2.29.